The first kappa shape index (κ1) is 18.4. The summed E-state index contributed by atoms with van der Waals surface area (Å²) in [6.45, 7) is 3.99. The standard InChI is InChI=1S/C19H23N7O/c1-3-13(2)17(18(20)27)24-16-11-15(9-10-21-16)26-12-22-19(25-26)23-14-7-5-4-6-8-14/h4-13,17H,3H2,1-2H3,(H2,20,27)(H,21,24)(H,23,25). The maximum Gasteiger partial charge on any atom is 0.246 e. The van der Waals surface area contributed by atoms with Gasteiger partial charge in [-0.25, -0.2) is 9.67 Å². The summed E-state index contributed by atoms with van der Waals surface area (Å²) < 4.78 is 1.64. The minimum absolute atomic E-state index is 0.0981. The van der Waals surface area contributed by atoms with Crippen molar-refractivity contribution < 1.29 is 4.79 Å². The number of carbonyl (C=O) groups excluding carboxylic acids is 1. The average molecular weight is 365 g/mol. The predicted molar refractivity (Wildman–Crippen MR) is 105 cm³/mol. The monoisotopic (exact) mass is 365 g/mol. The number of benzene rings is 1. The lowest BCUT2D eigenvalue weighted by Gasteiger charge is -2.21. The summed E-state index contributed by atoms with van der Waals surface area (Å²) in [5, 5.41) is 10.7. The summed E-state index contributed by atoms with van der Waals surface area (Å²) >= 11 is 0. The first-order valence-corrected chi connectivity index (χ1v) is 8.83. The van der Waals surface area contributed by atoms with E-state index in [4.69, 9.17) is 5.73 Å². The Morgan fingerprint density at radius 3 is 2.70 bits per heavy atom. The Morgan fingerprint density at radius 1 is 1.22 bits per heavy atom. The molecule has 2 atom stereocenters. The van der Waals surface area contributed by atoms with Gasteiger partial charge in [0.25, 0.3) is 0 Å². The van der Waals surface area contributed by atoms with E-state index in [0.29, 0.717) is 11.8 Å². The Balaban J connectivity index is 1.76. The minimum atomic E-state index is -0.483. The van der Waals surface area contributed by atoms with E-state index in [9.17, 15) is 4.79 Å². The summed E-state index contributed by atoms with van der Waals surface area (Å²) in [5.74, 6) is 0.750. The van der Waals surface area contributed by atoms with Crippen LogP contribution in [0.15, 0.2) is 55.0 Å². The molecule has 0 radical (unpaired) electrons. The molecule has 1 amide bonds. The van der Waals surface area contributed by atoms with Crippen molar-refractivity contribution in [2.45, 2.75) is 26.3 Å². The SMILES string of the molecule is CCC(C)C(Nc1cc(-n2cnc(Nc3ccccc3)n2)ccn1)C(N)=O. The number of para-hydroxylation sites is 1. The van der Waals surface area contributed by atoms with Crippen molar-refractivity contribution in [2.75, 3.05) is 10.6 Å². The summed E-state index contributed by atoms with van der Waals surface area (Å²) in [7, 11) is 0. The molecule has 0 aliphatic rings. The number of anilines is 3. The Labute approximate surface area is 157 Å². The van der Waals surface area contributed by atoms with Gasteiger partial charge in [-0.15, -0.1) is 5.10 Å². The fourth-order valence-corrected chi connectivity index (χ4v) is 2.62. The van der Waals surface area contributed by atoms with E-state index in [-0.39, 0.29) is 5.92 Å². The second kappa shape index (κ2) is 8.31. The van der Waals surface area contributed by atoms with E-state index in [2.05, 4.69) is 25.7 Å². The molecule has 0 aliphatic carbocycles. The molecule has 8 nitrogen and oxygen atoms in total. The van der Waals surface area contributed by atoms with E-state index in [0.717, 1.165) is 17.8 Å². The molecule has 2 unspecified atom stereocenters. The van der Waals surface area contributed by atoms with Gasteiger partial charge >= 0.3 is 0 Å². The van der Waals surface area contributed by atoms with E-state index in [1.165, 1.54) is 0 Å². The molecule has 3 rings (SSSR count). The summed E-state index contributed by atoms with van der Waals surface area (Å²) in [4.78, 5) is 20.3. The van der Waals surface area contributed by atoms with Crippen LogP contribution in [0.2, 0.25) is 0 Å². The van der Waals surface area contributed by atoms with Crippen molar-refractivity contribution in [3.8, 4) is 5.69 Å². The number of aromatic nitrogens is 4. The first-order valence-electron chi connectivity index (χ1n) is 8.83. The summed E-state index contributed by atoms with van der Waals surface area (Å²) in [5.41, 5.74) is 7.20. The third-order valence-electron chi connectivity index (χ3n) is 4.35. The van der Waals surface area contributed by atoms with Crippen LogP contribution in [0, 0.1) is 5.92 Å². The van der Waals surface area contributed by atoms with Crippen LogP contribution in [0.1, 0.15) is 20.3 Å². The highest BCUT2D eigenvalue weighted by molar-refractivity contribution is 5.83. The number of primary amides is 1. The van der Waals surface area contributed by atoms with Gasteiger partial charge in [0, 0.05) is 18.0 Å². The predicted octanol–water partition coefficient (Wildman–Crippen LogP) is 2.72. The zero-order valence-electron chi connectivity index (χ0n) is 15.3. The number of rotatable bonds is 8. The highest BCUT2D eigenvalue weighted by Gasteiger charge is 2.21. The van der Waals surface area contributed by atoms with Crippen LogP contribution in [-0.2, 0) is 4.79 Å². The van der Waals surface area contributed by atoms with Crippen LogP contribution in [0.3, 0.4) is 0 Å². The smallest absolute Gasteiger partial charge is 0.246 e. The molecule has 0 aliphatic heterocycles. The molecule has 0 fully saturated rings. The number of hydrogen-bond acceptors (Lipinski definition) is 6. The molecule has 1 aromatic carbocycles. The van der Waals surface area contributed by atoms with Gasteiger partial charge in [-0.2, -0.15) is 4.98 Å². The fourth-order valence-electron chi connectivity index (χ4n) is 2.62. The third-order valence-corrected chi connectivity index (χ3v) is 4.35. The topological polar surface area (TPSA) is 111 Å². The van der Waals surface area contributed by atoms with Crippen molar-refractivity contribution in [1.82, 2.24) is 19.7 Å². The Kier molecular flexibility index (Phi) is 5.65. The van der Waals surface area contributed by atoms with Crippen LogP contribution in [0.5, 0.6) is 0 Å². The van der Waals surface area contributed by atoms with Gasteiger partial charge in [0.1, 0.15) is 18.2 Å². The minimum Gasteiger partial charge on any atom is -0.368 e. The van der Waals surface area contributed by atoms with Gasteiger partial charge in [0.2, 0.25) is 11.9 Å². The van der Waals surface area contributed by atoms with E-state index in [1.54, 1.807) is 23.3 Å². The zero-order valence-corrected chi connectivity index (χ0v) is 15.3. The molecule has 8 heteroatoms. The number of nitrogens with one attached hydrogen (secondary N) is 2. The Morgan fingerprint density at radius 2 is 2.00 bits per heavy atom. The molecule has 0 spiro atoms. The molecule has 0 bridgehead atoms. The van der Waals surface area contributed by atoms with Crippen LogP contribution in [-0.4, -0.2) is 31.7 Å². The number of pyridine rings is 1. The van der Waals surface area contributed by atoms with E-state index in [1.807, 2.05) is 50.2 Å². The van der Waals surface area contributed by atoms with Crippen molar-refractivity contribution in [2.24, 2.45) is 11.7 Å². The van der Waals surface area contributed by atoms with Crippen molar-refractivity contribution in [3.63, 3.8) is 0 Å². The number of nitrogens with two attached hydrogens (primary N) is 1. The molecular formula is C19H23N7O. The van der Waals surface area contributed by atoms with Crippen LogP contribution in [0.4, 0.5) is 17.5 Å². The summed E-state index contributed by atoms with van der Waals surface area (Å²) in [6, 6.07) is 12.8. The zero-order chi connectivity index (χ0) is 19.2. The second-order valence-corrected chi connectivity index (χ2v) is 6.31. The summed E-state index contributed by atoms with van der Waals surface area (Å²) in [6.07, 6.45) is 4.10. The van der Waals surface area contributed by atoms with Crippen LogP contribution >= 0.6 is 0 Å². The van der Waals surface area contributed by atoms with Crippen LogP contribution in [0.25, 0.3) is 5.69 Å². The van der Waals surface area contributed by atoms with Gasteiger partial charge in [-0.3, -0.25) is 4.79 Å². The van der Waals surface area contributed by atoms with E-state index >= 15 is 0 Å². The van der Waals surface area contributed by atoms with Crippen molar-refractivity contribution in [3.05, 3.63) is 55.0 Å². The highest BCUT2D eigenvalue weighted by Crippen LogP contribution is 2.17. The number of amides is 1. The van der Waals surface area contributed by atoms with Gasteiger partial charge in [-0.1, -0.05) is 38.5 Å². The average Bonchev–Trinajstić information content (AvgIpc) is 3.15. The molecule has 0 saturated carbocycles. The lowest BCUT2D eigenvalue weighted by Crippen LogP contribution is -2.40. The molecule has 4 N–H and O–H groups in total. The lowest BCUT2D eigenvalue weighted by molar-refractivity contribution is -0.119. The normalized spacial score (nSPS) is 13.0. The Bertz CT molecular complexity index is 894. The first-order chi connectivity index (χ1) is 13.1. The number of nitrogens with zero attached hydrogens (tertiary/aromatic N) is 4. The van der Waals surface area contributed by atoms with Gasteiger partial charge in [-0.05, 0) is 24.1 Å². The molecule has 2 aromatic heterocycles. The van der Waals surface area contributed by atoms with E-state index < -0.39 is 11.9 Å². The Hall–Kier alpha value is -3.42. The maximum absolute atomic E-state index is 11.7. The molecule has 27 heavy (non-hydrogen) atoms. The van der Waals surface area contributed by atoms with Crippen LogP contribution < -0.4 is 16.4 Å². The largest absolute Gasteiger partial charge is 0.368 e. The number of hydrogen-bond donors (Lipinski definition) is 3. The van der Waals surface area contributed by atoms with Gasteiger partial charge < -0.3 is 16.4 Å². The second-order valence-electron chi connectivity index (χ2n) is 6.31. The third kappa shape index (κ3) is 4.60. The van der Waals surface area contributed by atoms with Gasteiger partial charge in [0.15, 0.2) is 0 Å². The highest BCUT2D eigenvalue weighted by atomic mass is 16.1. The maximum atomic E-state index is 11.7. The lowest BCUT2D eigenvalue weighted by atomic mass is 9.99. The molecule has 3 aromatic rings. The molecular weight excluding hydrogens is 342 g/mol. The number of carbonyl (C=O) groups is 1. The molecule has 0 saturated heterocycles. The van der Waals surface area contributed by atoms with Crippen molar-refractivity contribution in [1.29, 1.82) is 0 Å². The fraction of sp³-hybridized carbons (Fsp3) is 0.263. The molecule has 2 heterocycles. The molecule has 140 valence electrons. The van der Waals surface area contributed by atoms with Gasteiger partial charge in [0.05, 0.1) is 5.69 Å². The van der Waals surface area contributed by atoms with Crippen molar-refractivity contribution >= 4 is 23.4 Å². The quantitative estimate of drug-likeness (QED) is 0.566.